The number of hydrogen-bond donors (Lipinski definition) is 1. The van der Waals surface area contributed by atoms with Crippen molar-refractivity contribution in [2.75, 3.05) is 6.54 Å². The summed E-state index contributed by atoms with van der Waals surface area (Å²) in [5.74, 6) is 0. The first-order chi connectivity index (χ1) is 5.55. The lowest BCUT2D eigenvalue weighted by molar-refractivity contribution is -0.376. The molecule has 0 heterocycles. The van der Waals surface area contributed by atoms with Gasteiger partial charge in [0.25, 0.3) is 0 Å². The summed E-state index contributed by atoms with van der Waals surface area (Å²) in [6, 6.07) is 0. The Bertz CT molecular complexity index is 147. The summed E-state index contributed by atoms with van der Waals surface area (Å²) in [6.07, 6.45) is -12.7. The van der Waals surface area contributed by atoms with Crippen molar-refractivity contribution in [3.05, 3.63) is 0 Å². The standard InChI is InChI=1S/C5H7F6NO/c1-3(13)2-12(4(6,7)8)5(9,10)11/h3,13H,2H2,1H3. The normalized spacial score (nSPS) is 16.4. The molecule has 0 saturated heterocycles. The van der Waals surface area contributed by atoms with Gasteiger partial charge < -0.3 is 5.11 Å². The van der Waals surface area contributed by atoms with Crippen molar-refractivity contribution in [2.45, 2.75) is 25.6 Å². The second-order valence-electron chi connectivity index (χ2n) is 2.40. The van der Waals surface area contributed by atoms with Gasteiger partial charge in [-0.2, -0.15) is 26.3 Å². The maximum absolute atomic E-state index is 11.7. The average molecular weight is 211 g/mol. The first-order valence-electron chi connectivity index (χ1n) is 3.14. The van der Waals surface area contributed by atoms with Gasteiger partial charge in [-0.25, -0.2) is 0 Å². The van der Waals surface area contributed by atoms with Gasteiger partial charge in [0.1, 0.15) is 0 Å². The fraction of sp³-hybridized carbons (Fsp3) is 1.00. The summed E-state index contributed by atoms with van der Waals surface area (Å²) in [7, 11) is 0. The van der Waals surface area contributed by atoms with Gasteiger partial charge in [0.15, 0.2) is 0 Å². The monoisotopic (exact) mass is 211 g/mol. The molecular formula is C5H7F6NO. The Morgan fingerprint density at radius 3 is 1.46 bits per heavy atom. The average Bonchev–Trinajstić information content (AvgIpc) is 1.77. The number of aliphatic hydroxyl groups is 1. The Morgan fingerprint density at radius 1 is 1.08 bits per heavy atom. The first-order valence-corrected chi connectivity index (χ1v) is 3.14. The summed E-state index contributed by atoms with van der Waals surface area (Å²) in [5, 5.41) is 8.41. The maximum Gasteiger partial charge on any atom is 0.467 e. The zero-order valence-corrected chi connectivity index (χ0v) is 6.45. The third-order valence-corrected chi connectivity index (χ3v) is 1.06. The lowest BCUT2D eigenvalue weighted by Crippen LogP contribution is -2.50. The van der Waals surface area contributed by atoms with E-state index in [-0.39, 0.29) is 0 Å². The van der Waals surface area contributed by atoms with E-state index in [9.17, 15) is 26.3 Å². The molecule has 0 bridgehead atoms. The van der Waals surface area contributed by atoms with Crippen LogP contribution in [-0.2, 0) is 0 Å². The molecule has 1 atom stereocenters. The Morgan fingerprint density at radius 2 is 1.38 bits per heavy atom. The molecule has 0 saturated carbocycles. The molecule has 2 nitrogen and oxygen atoms in total. The van der Waals surface area contributed by atoms with E-state index in [0.717, 1.165) is 6.92 Å². The van der Waals surface area contributed by atoms with Crippen molar-refractivity contribution in [1.82, 2.24) is 4.90 Å². The SMILES string of the molecule is CC(O)CN(C(F)(F)F)C(F)(F)F. The highest BCUT2D eigenvalue weighted by Gasteiger charge is 2.53. The smallest absolute Gasteiger partial charge is 0.392 e. The summed E-state index contributed by atoms with van der Waals surface area (Å²) in [6.45, 7) is -0.683. The highest BCUT2D eigenvalue weighted by molar-refractivity contribution is 4.66. The van der Waals surface area contributed by atoms with Gasteiger partial charge in [0, 0.05) is 6.54 Å². The zero-order chi connectivity index (χ0) is 10.9. The second kappa shape index (κ2) is 3.70. The third kappa shape index (κ3) is 4.32. The van der Waals surface area contributed by atoms with E-state index in [1.165, 1.54) is 0 Å². The number of hydrogen-bond acceptors (Lipinski definition) is 2. The number of aliphatic hydroxyl groups excluding tert-OH is 1. The van der Waals surface area contributed by atoms with Gasteiger partial charge in [-0.1, -0.05) is 0 Å². The van der Waals surface area contributed by atoms with Gasteiger partial charge in [-0.3, -0.25) is 0 Å². The molecule has 0 fully saturated rings. The molecule has 0 aliphatic carbocycles. The molecule has 0 aliphatic heterocycles. The van der Waals surface area contributed by atoms with Crippen LogP contribution < -0.4 is 0 Å². The summed E-state index contributed by atoms with van der Waals surface area (Å²) >= 11 is 0. The minimum absolute atomic E-state index is 0.838. The molecule has 8 heteroatoms. The minimum Gasteiger partial charge on any atom is -0.392 e. The molecule has 0 aromatic carbocycles. The van der Waals surface area contributed by atoms with Crippen molar-refractivity contribution in [2.24, 2.45) is 0 Å². The van der Waals surface area contributed by atoms with E-state index >= 15 is 0 Å². The Hall–Kier alpha value is -0.500. The first kappa shape index (κ1) is 12.5. The molecular weight excluding hydrogens is 204 g/mol. The molecule has 1 unspecified atom stereocenters. The van der Waals surface area contributed by atoms with Crippen molar-refractivity contribution >= 4 is 0 Å². The predicted molar refractivity (Wildman–Crippen MR) is 30.5 cm³/mol. The Balaban J connectivity index is 4.58. The number of rotatable bonds is 2. The Kier molecular flexibility index (Phi) is 3.56. The quantitative estimate of drug-likeness (QED) is 0.555. The molecule has 0 aliphatic rings. The molecule has 13 heavy (non-hydrogen) atoms. The highest BCUT2D eigenvalue weighted by Crippen LogP contribution is 2.33. The van der Waals surface area contributed by atoms with Crippen LogP contribution in [0.5, 0.6) is 0 Å². The fourth-order valence-electron chi connectivity index (χ4n) is 0.615. The van der Waals surface area contributed by atoms with E-state index in [4.69, 9.17) is 5.11 Å². The maximum atomic E-state index is 11.7. The van der Waals surface area contributed by atoms with Crippen LogP contribution >= 0.6 is 0 Å². The molecule has 0 rings (SSSR count). The highest BCUT2D eigenvalue weighted by atomic mass is 19.4. The molecule has 0 spiro atoms. The van der Waals surface area contributed by atoms with Crippen LogP contribution in [-0.4, -0.2) is 35.3 Å². The van der Waals surface area contributed by atoms with E-state index < -0.39 is 30.1 Å². The molecule has 0 aromatic rings. The lowest BCUT2D eigenvalue weighted by Gasteiger charge is -2.27. The summed E-state index contributed by atoms with van der Waals surface area (Å²) in [4.78, 5) is -1.68. The topological polar surface area (TPSA) is 23.5 Å². The molecule has 0 radical (unpaired) electrons. The lowest BCUT2D eigenvalue weighted by atomic mass is 10.4. The van der Waals surface area contributed by atoms with Crippen molar-refractivity contribution in [3.63, 3.8) is 0 Å². The zero-order valence-electron chi connectivity index (χ0n) is 6.45. The van der Waals surface area contributed by atoms with Crippen molar-refractivity contribution in [3.8, 4) is 0 Å². The van der Waals surface area contributed by atoms with Gasteiger partial charge in [-0.15, -0.1) is 4.90 Å². The molecule has 0 amide bonds. The second-order valence-corrected chi connectivity index (χ2v) is 2.40. The van der Waals surface area contributed by atoms with Crippen LogP contribution in [0.1, 0.15) is 6.92 Å². The van der Waals surface area contributed by atoms with Crippen LogP contribution in [0.2, 0.25) is 0 Å². The van der Waals surface area contributed by atoms with Gasteiger partial charge >= 0.3 is 12.6 Å². The third-order valence-electron chi connectivity index (χ3n) is 1.06. The predicted octanol–water partition coefficient (Wildman–Crippen LogP) is 1.71. The number of nitrogens with zero attached hydrogens (tertiary/aromatic N) is 1. The van der Waals surface area contributed by atoms with Crippen LogP contribution in [0.25, 0.3) is 0 Å². The molecule has 1 N–H and O–H groups in total. The van der Waals surface area contributed by atoms with E-state index in [1.807, 2.05) is 0 Å². The summed E-state index contributed by atoms with van der Waals surface area (Å²) in [5.41, 5.74) is 0. The van der Waals surface area contributed by atoms with Gasteiger partial charge in [0.05, 0.1) is 6.10 Å². The van der Waals surface area contributed by atoms with E-state index in [0.29, 0.717) is 0 Å². The van der Waals surface area contributed by atoms with E-state index in [2.05, 4.69) is 0 Å². The minimum atomic E-state index is -5.52. The van der Waals surface area contributed by atoms with Gasteiger partial charge in [-0.05, 0) is 6.92 Å². The fourth-order valence-corrected chi connectivity index (χ4v) is 0.615. The van der Waals surface area contributed by atoms with Crippen LogP contribution in [0.4, 0.5) is 26.3 Å². The Labute approximate surface area is 69.7 Å². The van der Waals surface area contributed by atoms with Crippen LogP contribution in [0.3, 0.4) is 0 Å². The number of alkyl halides is 6. The largest absolute Gasteiger partial charge is 0.467 e. The van der Waals surface area contributed by atoms with Crippen LogP contribution in [0.15, 0.2) is 0 Å². The molecule has 80 valence electrons. The van der Waals surface area contributed by atoms with Gasteiger partial charge in [0.2, 0.25) is 0 Å². The van der Waals surface area contributed by atoms with Crippen molar-refractivity contribution < 1.29 is 31.4 Å². The van der Waals surface area contributed by atoms with E-state index in [1.54, 1.807) is 0 Å². The number of halogens is 6. The summed E-state index contributed by atoms with van der Waals surface area (Å²) < 4.78 is 70.0. The van der Waals surface area contributed by atoms with Crippen molar-refractivity contribution in [1.29, 1.82) is 0 Å². The van der Waals surface area contributed by atoms with Crippen LogP contribution in [0, 0.1) is 0 Å². The molecule has 0 aromatic heterocycles.